The molecular weight excluding hydrogens is 354 g/mol. The van der Waals surface area contributed by atoms with Crippen LogP contribution in [0, 0.1) is 12.8 Å². The lowest BCUT2D eigenvalue weighted by atomic mass is 10.1. The minimum Gasteiger partial charge on any atom is -0.469 e. The van der Waals surface area contributed by atoms with Gasteiger partial charge >= 0.3 is 5.97 Å². The van der Waals surface area contributed by atoms with Crippen LogP contribution in [0.15, 0.2) is 27.6 Å². The van der Waals surface area contributed by atoms with Crippen molar-refractivity contribution in [3.8, 4) is 0 Å². The Hall–Kier alpha value is -1.01. The van der Waals surface area contributed by atoms with Crippen molar-refractivity contribution in [2.45, 2.75) is 18.2 Å². The molecule has 1 heterocycles. The average Bonchev–Trinajstić information content (AvgIpc) is 2.95. The molecule has 0 radical (unpaired) electrons. The predicted octanol–water partition coefficient (Wildman–Crippen LogP) is 2.87. The van der Waals surface area contributed by atoms with E-state index in [1.54, 1.807) is 4.90 Å². The van der Waals surface area contributed by atoms with Crippen LogP contribution < -0.4 is 0 Å². The largest absolute Gasteiger partial charge is 0.469 e. The first kappa shape index (κ1) is 16.4. The number of esters is 1. The van der Waals surface area contributed by atoms with Gasteiger partial charge in [-0.1, -0.05) is 15.9 Å². The summed E-state index contributed by atoms with van der Waals surface area (Å²) in [6, 6.07) is 6.03. The quantitative estimate of drug-likeness (QED) is 0.602. The van der Waals surface area contributed by atoms with Gasteiger partial charge in [-0.15, -0.1) is 11.8 Å². The smallest absolute Gasteiger partial charge is 0.310 e. The lowest BCUT2D eigenvalue weighted by molar-refractivity contribution is -0.145. The molecule has 1 fully saturated rings. The minimum absolute atomic E-state index is 0.0775. The van der Waals surface area contributed by atoms with E-state index in [-0.39, 0.29) is 17.8 Å². The van der Waals surface area contributed by atoms with E-state index < -0.39 is 0 Å². The van der Waals surface area contributed by atoms with E-state index in [1.807, 2.05) is 25.1 Å². The molecule has 0 N–H and O–H groups in total. The van der Waals surface area contributed by atoms with E-state index in [0.29, 0.717) is 25.3 Å². The first-order valence-corrected chi connectivity index (χ1v) is 8.53. The molecule has 0 saturated carbocycles. The third-order valence-corrected chi connectivity index (χ3v) is 5.22. The second-order valence-electron chi connectivity index (χ2n) is 5.05. The molecule has 1 atom stereocenters. The maximum absolute atomic E-state index is 12.2. The summed E-state index contributed by atoms with van der Waals surface area (Å²) in [6.07, 6.45) is 0.695. The van der Waals surface area contributed by atoms with E-state index in [9.17, 15) is 9.59 Å². The lowest BCUT2D eigenvalue weighted by Gasteiger charge is -2.16. The van der Waals surface area contributed by atoms with E-state index in [4.69, 9.17) is 4.74 Å². The van der Waals surface area contributed by atoms with E-state index >= 15 is 0 Å². The molecule has 2 rings (SSSR count). The Kier molecular flexibility index (Phi) is 5.70. The molecular formula is C15H18BrNO3S. The molecule has 1 saturated heterocycles. The number of amides is 1. The van der Waals surface area contributed by atoms with Gasteiger partial charge in [-0.3, -0.25) is 9.59 Å². The number of carbonyl (C=O) groups excluding carboxylic acids is 2. The zero-order chi connectivity index (χ0) is 15.4. The monoisotopic (exact) mass is 371 g/mol. The third-order valence-electron chi connectivity index (χ3n) is 3.56. The molecule has 0 bridgehead atoms. The number of methoxy groups -OCH3 is 1. The Balaban J connectivity index is 1.87. The number of likely N-dealkylation sites (tertiary alicyclic amines) is 1. The van der Waals surface area contributed by atoms with E-state index in [2.05, 4.69) is 15.9 Å². The van der Waals surface area contributed by atoms with Gasteiger partial charge in [0, 0.05) is 22.5 Å². The molecule has 1 aliphatic rings. The summed E-state index contributed by atoms with van der Waals surface area (Å²) in [5, 5.41) is 0. The molecule has 1 unspecified atom stereocenters. The highest BCUT2D eigenvalue weighted by molar-refractivity contribution is 9.10. The summed E-state index contributed by atoms with van der Waals surface area (Å²) in [6.45, 7) is 3.14. The zero-order valence-electron chi connectivity index (χ0n) is 12.1. The minimum atomic E-state index is -0.221. The number of aryl methyl sites for hydroxylation is 1. The number of thioether (sulfide) groups is 1. The summed E-state index contributed by atoms with van der Waals surface area (Å²) in [5.74, 6) is 0.0879. The van der Waals surface area contributed by atoms with Gasteiger partial charge in [0.05, 0.1) is 18.8 Å². The summed E-state index contributed by atoms with van der Waals surface area (Å²) in [7, 11) is 1.39. The summed E-state index contributed by atoms with van der Waals surface area (Å²) >= 11 is 4.97. The Morgan fingerprint density at radius 1 is 1.48 bits per heavy atom. The average molecular weight is 372 g/mol. The van der Waals surface area contributed by atoms with Gasteiger partial charge in [-0.05, 0) is 37.1 Å². The summed E-state index contributed by atoms with van der Waals surface area (Å²) in [5.41, 5.74) is 1.15. The lowest BCUT2D eigenvalue weighted by Crippen LogP contribution is -2.31. The highest BCUT2D eigenvalue weighted by atomic mass is 79.9. The van der Waals surface area contributed by atoms with Gasteiger partial charge < -0.3 is 9.64 Å². The second kappa shape index (κ2) is 7.31. The molecule has 1 aliphatic heterocycles. The number of hydrogen-bond donors (Lipinski definition) is 0. The third kappa shape index (κ3) is 4.23. The van der Waals surface area contributed by atoms with Crippen LogP contribution in [-0.4, -0.2) is 42.7 Å². The number of carbonyl (C=O) groups is 2. The SMILES string of the molecule is COC(=O)C1CCN(C(=O)CSc2ccc(Br)cc2C)C1. The molecule has 6 heteroatoms. The van der Waals surface area contributed by atoms with Crippen molar-refractivity contribution in [1.29, 1.82) is 0 Å². The number of halogens is 1. The molecule has 0 aliphatic carbocycles. The van der Waals surface area contributed by atoms with E-state index in [0.717, 1.165) is 14.9 Å². The van der Waals surface area contributed by atoms with Gasteiger partial charge in [-0.25, -0.2) is 0 Å². The molecule has 0 spiro atoms. The van der Waals surface area contributed by atoms with Gasteiger partial charge in [0.1, 0.15) is 0 Å². The molecule has 1 aromatic carbocycles. The van der Waals surface area contributed by atoms with Crippen molar-refractivity contribution >= 4 is 39.6 Å². The fourth-order valence-corrected chi connectivity index (χ4v) is 3.74. The second-order valence-corrected chi connectivity index (χ2v) is 6.98. The Morgan fingerprint density at radius 2 is 2.24 bits per heavy atom. The van der Waals surface area contributed by atoms with Crippen LogP contribution >= 0.6 is 27.7 Å². The number of nitrogens with zero attached hydrogens (tertiary/aromatic N) is 1. The normalized spacial score (nSPS) is 17.9. The van der Waals surface area contributed by atoms with Crippen LogP contribution in [0.3, 0.4) is 0 Å². The highest BCUT2D eigenvalue weighted by Crippen LogP contribution is 2.26. The Morgan fingerprint density at radius 3 is 2.90 bits per heavy atom. The van der Waals surface area contributed by atoms with Crippen molar-refractivity contribution in [3.05, 3.63) is 28.2 Å². The van der Waals surface area contributed by atoms with Crippen LogP contribution in [0.2, 0.25) is 0 Å². The molecule has 4 nitrogen and oxygen atoms in total. The Bertz CT molecular complexity index is 550. The molecule has 114 valence electrons. The zero-order valence-corrected chi connectivity index (χ0v) is 14.5. The van der Waals surface area contributed by atoms with Crippen LogP contribution in [-0.2, 0) is 14.3 Å². The summed E-state index contributed by atoms with van der Waals surface area (Å²) < 4.78 is 5.77. The first-order valence-electron chi connectivity index (χ1n) is 6.76. The summed E-state index contributed by atoms with van der Waals surface area (Å²) in [4.78, 5) is 26.5. The fourth-order valence-electron chi connectivity index (χ4n) is 2.35. The van der Waals surface area contributed by atoms with Gasteiger partial charge in [0.2, 0.25) is 5.91 Å². The standard InChI is InChI=1S/C15H18BrNO3S/c1-10-7-12(16)3-4-13(10)21-9-14(18)17-6-5-11(8-17)15(19)20-2/h3-4,7,11H,5-6,8-9H2,1-2H3. The van der Waals surface area contributed by atoms with Gasteiger partial charge in [0.15, 0.2) is 0 Å². The van der Waals surface area contributed by atoms with Gasteiger partial charge in [-0.2, -0.15) is 0 Å². The number of ether oxygens (including phenoxy) is 1. The molecule has 21 heavy (non-hydrogen) atoms. The number of hydrogen-bond acceptors (Lipinski definition) is 4. The van der Waals surface area contributed by atoms with Crippen molar-refractivity contribution in [2.24, 2.45) is 5.92 Å². The Labute approximate surface area is 137 Å². The predicted molar refractivity (Wildman–Crippen MR) is 86.3 cm³/mol. The highest BCUT2D eigenvalue weighted by Gasteiger charge is 2.31. The van der Waals surface area contributed by atoms with E-state index in [1.165, 1.54) is 18.9 Å². The molecule has 0 aromatic heterocycles. The first-order chi connectivity index (χ1) is 10.0. The van der Waals surface area contributed by atoms with Crippen LogP contribution in [0.5, 0.6) is 0 Å². The number of rotatable bonds is 4. The van der Waals surface area contributed by atoms with Crippen LogP contribution in [0.1, 0.15) is 12.0 Å². The molecule has 1 aromatic rings. The number of benzene rings is 1. The van der Waals surface area contributed by atoms with Crippen molar-refractivity contribution in [2.75, 3.05) is 26.0 Å². The van der Waals surface area contributed by atoms with Gasteiger partial charge in [0.25, 0.3) is 0 Å². The molecule has 1 amide bonds. The van der Waals surface area contributed by atoms with Crippen molar-refractivity contribution in [3.63, 3.8) is 0 Å². The van der Waals surface area contributed by atoms with Crippen LogP contribution in [0.25, 0.3) is 0 Å². The van der Waals surface area contributed by atoms with Crippen molar-refractivity contribution < 1.29 is 14.3 Å². The maximum Gasteiger partial charge on any atom is 0.310 e. The fraction of sp³-hybridized carbons (Fsp3) is 0.467. The topological polar surface area (TPSA) is 46.6 Å². The maximum atomic E-state index is 12.2. The van der Waals surface area contributed by atoms with Crippen LogP contribution in [0.4, 0.5) is 0 Å². The van der Waals surface area contributed by atoms with Crippen molar-refractivity contribution in [1.82, 2.24) is 4.90 Å².